The van der Waals surface area contributed by atoms with Gasteiger partial charge in [0.15, 0.2) is 11.6 Å². The van der Waals surface area contributed by atoms with Crippen molar-refractivity contribution in [3.05, 3.63) is 70.0 Å². The van der Waals surface area contributed by atoms with Crippen molar-refractivity contribution in [3.63, 3.8) is 0 Å². The first-order chi connectivity index (χ1) is 16.5. The molecule has 1 nitrogen and oxygen atoms in total. The summed E-state index contributed by atoms with van der Waals surface area (Å²) in [4.78, 5) is 0. The second-order valence-electron chi connectivity index (χ2n) is 10.6. The highest BCUT2D eigenvalue weighted by Crippen LogP contribution is 2.40. The molecule has 0 bridgehead atoms. The summed E-state index contributed by atoms with van der Waals surface area (Å²) in [5, 5.41) is 0. The average molecular weight is 473 g/mol. The highest BCUT2D eigenvalue weighted by molar-refractivity contribution is 5.30. The Morgan fingerprint density at radius 2 is 1.44 bits per heavy atom. The van der Waals surface area contributed by atoms with Crippen LogP contribution in [0.1, 0.15) is 106 Å². The van der Waals surface area contributed by atoms with Crippen LogP contribution in [-0.4, -0.2) is 6.61 Å². The summed E-state index contributed by atoms with van der Waals surface area (Å²) < 4.78 is 49.8. The molecular formula is C30H39F3O. The Labute approximate surface area is 203 Å². The van der Waals surface area contributed by atoms with Gasteiger partial charge < -0.3 is 4.74 Å². The molecule has 2 aliphatic carbocycles. The minimum Gasteiger partial charge on any atom is -0.377 e. The zero-order valence-corrected chi connectivity index (χ0v) is 20.7. The summed E-state index contributed by atoms with van der Waals surface area (Å²) in [6.45, 7) is 5.23. The molecule has 186 valence electrons. The largest absolute Gasteiger partial charge is 0.377 e. The molecule has 0 atom stereocenters. The highest BCUT2D eigenvalue weighted by Gasteiger charge is 2.27. The van der Waals surface area contributed by atoms with Gasteiger partial charge in [0, 0.05) is 6.61 Å². The number of hydrogen-bond acceptors (Lipinski definition) is 1. The van der Waals surface area contributed by atoms with Gasteiger partial charge in [0.1, 0.15) is 5.82 Å². The third kappa shape index (κ3) is 6.05. The molecular weight excluding hydrogens is 433 g/mol. The van der Waals surface area contributed by atoms with Crippen molar-refractivity contribution >= 4 is 0 Å². The van der Waals surface area contributed by atoms with Crippen molar-refractivity contribution in [3.8, 4) is 0 Å². The lowest BCUT2D eigenvalue weighted by Gasteiger charge is -2.29. The van der Waals surface area contributed by atoms with Crippen LogP contribution in [0.15, 0.2) is 30.3 Å². The Morgan fingerprint density at radius 1 is 0.794 bits per heavy atom. The van der Waals surface area contributed by atoms with Gasteiger partial charge >= 0.3 is 0 Å². The molecule has 0 N–H and O–H groups in total. The predicted octanol–water partition coefficient (Wildman–Crippen LogP) is 8.84. The van der Waals surface area contributed by atoms with Gasteiger partial charge in [0.25, 0.3) is 0 Å². The van der Waals surface area contributed by atoms with Crippen molar-refractivity contribution < 1.29 is 17.9 Å². The quantitative estimate of drug-likeness (QED) is 0.373. The smallest absolute Gasteiger partial charge is 0.162 e. The van der Waals surface area contributed by atoms with Gasteiger partial charge in [-0.05, 0) is 110 Å². The Bertz CT molecular complexity index is 940. The van der Waals surface area contributed by atoms with Crippen LogP contribution in [-0.2, 0) is 17.8 Å². The maximum Gasteiger partial charge on any atom is 0.162 e. The molecule has 2 aliphatic rings. The Hall–Kier alpha value is -1.81. The van der Waals surface area contributed by atoms with E-state index < -0.39 is 11.6 Å². The van der Waals surface area contributed by atoms with E-state index in [4.69, 9.17) is 4.74 Å². The van der Waals surface area contributed by atoms with E-state index in [2.05, 4.69) is 6.92 Å². The second-order valence-corrected chi connectivity index (χ2v) is 10.6. The van der Waals surface area contributed by atoms with Crippen LogP contribution >= 0.6 is 0 Å². The highest BCUT2D eigenvalue weighted by atomic mass is 19.2. The van der Waals surface area contributed by atoms with Crippen LogP contribution in [0.2, 0.25) is 0 Å². The van der Waals surface area contributed by atoms with E-state index in [0.29, 0.717) is 42.6 Å². The van der Waals surface area contributed by atoms with E-state index in [1.807, 2.05) is 31.2 Å². The fourth-order valence-electron chi connectivity index (χ4n) is 6.02. The Morgan fingerprint density at radius 3 is 2.12 bits per heavy atom. The first kappa shape index (κ1) is 25.3. The number of halogens is 3. The van der Waals surface area contributed by atoms with Crippen LogP contribution in [0.25, 0.3) is 0 Å². The second kappa shape index (κ2) is 11.7. The SMILES string of the molecule is CCOCc1ccc(C2CCC(CCc3ccc(C4CCC(C)CC4)c(F)c3F)CC2)c(F)c1. The lowest BCUT2D eigenvalue weighted by Crippen LogP contribution is -2.16. The molecule has 2 aromatic carbocycles. The molecule has 0 amide bonds. The lowest BCUT2D eigenvalue weighted by atomic mass is 9.76. The third-order valence-electron chi connectivity index (χ3n) is 8.29. The van der Waals surface area contributed by atoms with Crippen molar-refractivity contribution in [1.29, 1.82) is 0 Å². The predicted molar refractivity (Wildman–Crippen MR) is 131 cm³/mol. The summed E-state index contributed by atoms with van der Waals surface area (Å²) in [6.07, 6.45) is 9.44. The molecule has 4 heteroatoms. The average Bonchev–Trinajstić information content (AvgIpc) is 2.85. The molecule has 4 rings (SSSR count). The summed E-state index contributed by atoms with van der Waals surface area (Å²) in [5.74, 6) is 0.176. The Balaban J connectivity index is 1.29. The van der Waals surface area contributed by atoms with Crippen LogP contribution in [0.3, 0.4) is 0 Å². The maximum absolute atomic E-state index is 14.9. The zero-order chi connectivity index (χ0) is 24.1. The van der Waals surface area contributed by atoms with Crippen molar-refractivity contribution in [2.45, 2.75) is 96.5 Å². The summed E-state index contributed by atoms with van der Waals surface area (Å²) >= 11 is 0. The van der Waals surface area contributed by atoms with E-state index in [1.54, 1.807) is 6.07 Å². The van der Waals surface area contributed by atoms with Gasteiger partial charge in [-0.1, -0.05) is 44.0 Å². The molecule has 0 aliphatic heterocycles. The lowest BCUT2D eigenvalue weighted by molar-refractivity contribution is 0.134. The van der Waals surface area contributed by atoms with E-state index in [-0.39, 0.29) is 17.7 Å². The zero-order valence-electron chi connectivity index (χ0n) is 20.7. The fraction of sp³-hybridized carbons (Fsp3) is 0.600. The normalized spacial score (nSPS) is 25.4. The van der Waals surface area contributed by atoms with Crippen molar-refractivity contribution in [2.24, 2.45) is 11.8 Å². The van der Waals surface area contributed by atoms with Gasteiger partial charge in [-0.15, -0.1) is 0 Å². The number of benzene rings is 2. The van der Waals surface area contributed by atoms with Gasteiger partial charge in [-0.2, -0.15) is 0 Å². The van der Waals surface area contributed by atoms with Crippen LogP contribution in [0.4, 0.5) is 13.2 Å². The van der Waals surface area contributed by atoms with Crippen LogP contribution < -0.4 is 0 Å². The number of hydrogen-bond donors (Lipinski definition) is 0. The molecule has 0 unspecified atom stereocenters. The molecule has 0 saturated heterocycles. The van der Waals surface area contributed by atoms with E-state index >= 15 is 0 Å². The third-order valence-corrected chi connectivity index (χ3v) is 8.29. The van der Waals surface area contributed by atoms with Crippen molar-refractivity contribution in [2.75, 3.05) is 6.61 Å². The molecule has 0 radical (unpaired) electrons. The molecule has 2 aromatic rings. The molecule has 0 heterocycles. The number of ether oxygens (including phenoxy) is 1. The van der Waals surface area contributed by atoms with E-state index in [0.717, 1.165) is 68.9 Å². The molecule has 0 spiro atoms. The summed E-state index contributed by atoms with van der Waals surface area (Å²) in [6, 6.07) is 9.14. The van der Waals surface area contributed by atoms with Gasteiger partial charge in [0.2, 0.25) is 0 Å². The summed E-state index contributed by atoms with van der Waals surface area (Å²) in [5.41, 5.74) is 2.75. The van der Waals surface area contributed by atoms with Gasteiger partial charge in [0.05, 0.1) is 6.61 Å². The van der Waals surface area contributed by atoms with Crippen LogP contribution in [0.5, 0.6) is 0 Å². The first-order valence-electron chi connectivity index (χ1n) is 13.3. The minimum absolute atomic E-state index is 0.134. The molecule has 34 heavy (non-hydrogen) atoms. The monoisotopic (exact) mass is 472 g/mol. The molecule has 0 aromatic heterocycles. The van der Waals surface area contributed by atoms with Crippen molar-refractivity contribution in [1.82, 2.24) is 0 Å². The van der Waals surface area contributed by atoms with Gasteiger partial charge in [-0.3, -0.25) is 0 Å². The summed E-state index contributed by atoms with van der Waals surface area (Å²) in [7, 11) is 0. The molecule has 2 fully saturated rings. The topological polar surface area (TPSA) is 9.23 Å². The number of rotatable bonds is 8. The van der Waals surface area contributed by atoms with E-state index in [1.165, 1.54) is 0 Å². The van der Waals surface area contributed by atoms with Crippen LogP contribution in [0, 0.1) is 29.3 Å². The maximum atomic E-state index is 14.9. The fourth-order valence-corrected chi connectivity index (χ4v) is 6.02. The number of aryl methyl sites for hydroxylation is 1. The Kier molecular flexibility index (Phi) is 8.74. The molecule has 2 saturated carbocycles. The van der Waals surface area contributed by atoms with E-state index in [9.17, 15) is 13.2 Å². The standard InChI is InChI=1S/C30H39F3O/c1-3-34-19-22-9-16-26(28(31)18-22)23-12-6-21(7-13-23)8-14-25-15-17-27(30(33)29(25)32)24-10-4-20(2)5-11-24/h9,15-18,20-21,23-24H,3-8,10-14,19H2,1-2H3. The first-order valence-corrected chi connectivity index (χ1v) is 13.3. The minimum atomic E-state index is -0.640. The van der Waals surface area contributed by atoms with Gasteiger partial charge in [-0.25, -0.2) is 13.2 Å².